The molecular weight excluding hydrogens is 235 g/mol. The number of nitrogens with zero attached hydrogens (tertiary/aromatic N) is 2. The van der Waals surface area contributed by atoms with Gasteiger partial charge in [-0.25, -0.2) is 4.39 Å². The Labute approximate surface area is 103 Å². The van der Waals surface area contributed by atoms with Crippen molar-refractivity contribution in [2.24, 2.45) is 7.05 Å². The molecule has 0 aliphatic heterocycles. The lowest BCUT2D eigenvalue weighted by atomic mass is 10.2. The zero-order valence-corrected chi connectivity index (χ0v) is 9.85. The van der Waals surface area contributed by atoms with E-state index in [2.05, 4.69) is 10.4 Å². The number of amides is 1. The van der Waals surface area contributed by atoms with E-state index in [-0.39, 0.29) is 24.0 Å². The van der Waals surface area contributed by atoms with Gasteiger partial charge in [-0.1, -0.05) is 12.1 Å². The number of aromatic nitrogens is 2. The second-order valence-electron chi connectivity index (χ2n) is 3.92. The summed E-state index contributed by atoms with van der Waals surface area (Å²) in [6.07, 6.45) is 1.55. The fraction of sp³-hybridized carbons (Fsp3) is 0.167. The molecule has 5 nitrogen and oxygen atoms in total. The molecule has 1 aromatic carbocycles. The maximum atomic E-state index is 12.9. The number of anilines is 1. The summed E-state index contributed by atoms with van der Waals surface area (Å²) in [6.45, 7) is 0.229. The van der Waals surface area contributed by atoms with Gasteiger partial charge in [0.25, 0.3) is 5.91 Å². The van der Waals surface area contributed by atoms with E-state index in [1.54, 1.807) is 25.4 Å². The Balaban J connectivity index is 2.03. The van der Waals surface area contributed by atoms with Crippen LogP contribution in [0.2, 0.25) is 0 Å². The molecule has 0 saturated heterocycles. The number of carbonyl (C=O) groups excluding carboxylic acids is 1. The molecule has 1 amide bonds. The van der Waals surface area contributed by atoms with Crippen LogP contribution < -0.4 is 11.1 Å². The summed E-state index contributed by atoms with van der Waals surface area (Å²) < 4.78 is 14.4. The van der Waals surface area contributed by atoms with Gasteiger partial charge in [-0.15, -0.1) is 0 Å². The zero-order valence-electron chi connectivity index (χ0n) is 9.85. The molecule has 1 heterocycles. The van der Waals surface area contributed by atoms with Crippen molar-refractivity contribution < 1.29 is 9.18 Å². The van der Waals surface area contributed by atoms with Crippen LogP contribution in [0, 0.1) is 5.82 Å². The molecule has 1 aromatic heterocycles. The van der Waals surface area contributed by atoms with Crippen molar-refractivity contribution in [3.05, 3.63) is 47.5 Å². The van der Waals surface area contributed by atoms with Crippen LogP contribution in [0.4, 0.5) is 10.1 Å². The Kier molecular flexibility index (Phi) is 3.27. The van der Waals surface area contributed by atoms with Gasteiger partial charge in [0, 0.05) is 19.8 Å². The second kappa shape index (κ2) is 4.87. The summed E-state index contributed by atoms with van der Waals surface area (Å²) in [6, 6.07) is 6.03. The van der Waals surface area contributed by atoms with E-state index < -0.39 is 0 Å². The number of hydrogen-bond donors (Lipinski definition) is 2. The second-order valence-corrected chi connectivity index (χ2v) is 3.92. The van der Waals surface area contributed by atoms with E-state index in [0.29, 0.717) is 11.3 Å². The van der Waals surface area contributed by atoms with Crippen LogP contribution in [0.3, 0.4) is 0 Å². The highest BCUT2D eigenvalue weighted by Crippen LogP contribution is 2.08. The van der Waals surface area contributed by atoms with Gasteiger partial charge in [-0.2, -0.15) is 5.10 Å². The molecule has 18 heavy (non-hydrogen) atoms. The lowest BCUT2D eigenvalue weighted by Gasteiger charge is -2.04. The first-order valence-electron chi connectivity index (χ1n) is 5.38. The smallest absolute Gasteiger partial charge is 0.274 e. The van der Waals surface area contributed by atoms with E-state index in [9.17, 15) is 9.18 Å². The predicted molar refractivity (Wildman–Crippen MR) is 65.2 cm³/mol. The number of aryl methyl sites for hydroxylation is 1. The summed E-state index contributed by atoms with van der Waals surface area (Å²) in [7, 11) is 1.68. The highest BCUT2D eigenvalue weighted by atomic mass is 19.1. The summed E-state index contributed by atoms with van der Waals surface area (Å²) in [5, 5.41) is 6.58. The molecule has 2 aromatic rings. The molecule has 0 spiro atoms. The van der Waals surface area contributed by atoms with Gasteiger partial charge in [0.15, 0.2) is 5.69 Å². The number of rotatable bonds is 3. The van der Waals surface area contributed by atoms with Crippen molar-refractivity contribution in [3.8, 4) is 0 Å². The largest absolute Gasteiger partial charge is 0.396 e. The maximum Gasteiger partial charge on any atom is 0.274 e. The van der Waals surface area contributed by atoms with E-state index >= 15 is 0 Å². The molecule has 94 valence electrons. The minimum Gasteiger partial charge on any atom is -0.396 e. The molecular formula is C12H13FN4O. The lowest BCUT2D eigenvalue weighted by molar-refractivity contribution is 0.0946. The third-order valence-corrected chi connectivity index (χ3v) is 2.41. The third-order valence-electron chi connectivity index (χ3n) is 2.41. The van der Waals surface area contributed by atoms with E-state index in [1.165, 1.54) is 16.8 Å². The van der Waals surface area contributed by atoms with E-state index in [1.807, 2.05) is 0 Å². The summed E-state index contributed by atoms with van der Waals surface area (Å²) in [5.74, 6) is -0.712. The zero-order chi connectivity index (χ0) is 13.1. The van der Waals surface area contributed by atoms with Gasteiger partial charge in [-0.3, -0.25) is 9.48 Å². The van der Waals surface area contributed by atoms with Crippen LogP contribution in [0.25, 0.3) is 0 Å². The monoisotopic (exact) mass is 248 g/mol. The molecule has 0 aliphatic rings. The van der Waals surface area contributed by atoms with Crippen LogP contribution in [0.15, 0.2) is 30.5 Å². The summed E-state index contributed by atoms with van der Waals surface area (Å²) in [4.78, 5) is 11.8. The van der Waals surface area contributed by atoms with Crippen LogP contribution in [-0.2, 0) is 13.6 Å². The van der Waals surface area contributed by atoms with E-state index in [4.69, 9.17) is 5.73 Å². The summed E-state index contributed by atoms with van der Waals surface area (Å²) >= 11 is 0. The van der Waals surface area contributed by atoms with Crippen molar-refractivity contribution in [3.63, 3.8) is 0 Å². The molecule has 6 heteroatoms. The standard InChI is InChI=1S/C12H13FN4O/c1-17-7-10(14)11(16-17)12(18)15-6-8-3-2-4-9(13)5-8/h2-5,7H,6,14H2,1H3,(H,15,18). The minimum absolute atomic E-state index is 0.175. The SMILES string of the molecule is Cn1cc(N)c(C(=O)NCc2cccc(F)c2)n1. The van der Waals surface area contributed by atoms with Gasteiger partial charge < -0.3 is 11.1 Å². The van der Waals surface area contributed by atoms with Gasteiger partial charge in [-0.05, 0) is 17.7 Å². The third kappa shape index (κ3) is 2.65. The molecule has 0 aliphatic carbocycles. The topological polar surface area (TPSA) is 72.9 Å². The molecule has 3 N–H and O–H groups in total. The van der Waals surface area contributed by atoms with Gasteiger partial charge in [0.05, 0.1) is 5.69 Å². The number of halogens is 1. The van der Waals surface area contributed by atoms with Gasteiger partial charge in [0.1, 0.15) is 5.82 Å². The lowest BCUT2D eigenvalue weighted by Crippen LogP contribution is -2.24. The Morgan fingerprint density at radius 3 is 2.94 bits per heavy atom. The first kappa shape index (κ1) is 12.1. The van der Waals surface area contributed by atoms with Crippen molar-refractivity contribution in [2.45, 2.75) is 6.54 Å². The highest BCUT2D eigenvalue weighted by Gasteiger charge is 2.13. The number of nitrogens with two attached hydrogens (primary N) is 1. The number of carbonyl (C=O) groups is 1. The quantitative estimate of drug-likeness (QED) is 0.853. The average molecular weight is 248 g/mol. The molecule has 0 unspecified atom stereocenters. The Bertz CT molecular complexity index is 579. The number of nitrogens with one attached hydrogen (secondary N) is 1. The Morgan fingerprint density at radius 1 is 1.56 bits per heavy atom. The number of hydrogen-bond acceptors (Lipinski definition) is 3. The van der Waals surface area contributed by atoms with Crippen LogP contribution in [-0.4, -0.2) is 15.7 Å². The van der Waals surface area contributed by atoms with Crippen LogP contribution >= 0.6 is 0 Å². The molecule has 0 saturated carbocycles. The fourth-order valence-corrected chi connectivity index (χ4v) is 1.60. The maximum absolute atomic E-state index is 12.9. The Hall–Kier alpha value is -2.37. The van der Waals surface area contributed by atoms with Crippen LogP contribution in [0.5, 0.6) is 0 Å². The molecule has 0 bridgehead atoms. The minimum atomic E-state index is -0.377. The Morgan fingerprint density at radius 2 is 2.33 bits per heavy atom. The normalized spacial score (nSPS) is 10.3. The van der Waals surface area contributed by atoms with Crippen molar-refractivity contribution >= 4 is 11.6 Å². The van der Waals surface area contributed by atoms with Crippen molar-refractivity contribution in [2.75, 3.05) is 5.73 Å². The van der Waals surface area contributed by atoms with Crippen molar-refractivity contribution in [1.29, 1.82) is 0 Å². The summed E-state index contributed by atoms with van der Waals surface area (Å²) in [5.41, 5.74) is 6.80. The predicted octanol–water partition coefficient (Wildman–Crippen LogP) is 1.07. The van der Waals surface area contributed by atoms with Gasteiger partial charge >= 0.3 is 0 Å². The highest BCUT2D eigenvalue weighted by molar-refractivity contribution is 5.96. The molecule has 0 fully saturated rings. The molecule has 0 radical (unpaired) electrons. The fourth-order valence-electron chi connectivity index (χ4n) is 1.60. The first-order chi connectivity index (χ1) is 8.56. The molecule has 2 rings (SSSR count). The van der Waals surface area contributed by atoms with E-state index in [0.717, 1.165) is 0 Å². The van der Waals surface area contributed by atoms with Crippen LogP contribution in [0.1, 0.15) is 16.1 Å². The number of benzene rings is 1. The molecule has 0 atom stereocenters. The average Bonchev–Trinajstić information content (AvgIpc) is 2.66. The van der Waals surface area contributed by atoms with Gasteiger partial charge in [0.2, 0.25) is 0 Å². The first-order valence-corrected chi connectivity index (χ1v) is 5.38. The number of nitrogen functional groups attached to an aromatic ring is 1. The van der Waals surface area contributed by atoms with Crippen molar-refractivity contribution in [1.82, 2.24) is 15.1 Å².